The van der Waals surface area contributed by atoms with E-state index < -0.39 is 6.10 Å². The van der Waals surface area contributed by atoms with Crippen molar-refractivity contribution >= 4 is 5.57 Å². The highest BCUT2D eigenvalue weighted by Crippen LogP contribution is 2.37. The molecule has 0 fully saturated rings. The van der Waals surface area contributed by atoms with Crippen LogP contribution in [-0.2, 0) is 0 Å². The second kappa shape index (κ2) is 8.28. The first-order chi connectivity index (χ1) is 13.7. The molecule has 0 spiro atoms. The average molecular weight is 367 g/mol. The summed E-state index contributed by atoms with van der Waals surface area (Å²) in [6.07, 6.45) is 3.68. The number of hydrogen-bond acceptors (Lipinski definition) is 2. The molecule has 2 heteroatoms. The van der Waals surface area contributed by atoms with Crippen molar-refractivity contribution < 1.29 is 5.11 Å². The van der Waals surface area contributed by atoms with E-state index in [0.29, 0.717) is 0 Å². The number of nitrogens with zero attached hydrogens (tertiary/aromatic N) is 1. The van der Waals surface area contributed by atoms with Crippen LogP contribution in [0.1, 0.15) is 35.8 Å². The van der Waals surface area contributed by atoms with E-state index in [1.807, 2.05) is 54.6 Å². The van der Waals surface area contributed by atoms with Crippen molar-refractivity contribution in [3.05, 3.63) is 126 Å². The summed E-state index contributed by atoms with van der Waals surface area (Å²) in [4.78, 5) is 2.24. The molecular weight excluding hydrogens is 342 g/mol. The minimum Gasteiger partial charge on any atom is -0.386 e. The van der Waals surface area contributed by atoms with Crippen LogP contribution in [-0.4, -0.2) is 16.6 Å². The van der Waals surface area contributed by atoms with Gasteiger partial charge >= 0.3 is 0 Å². The van der Waals surface area contributed by atoms with Crippen molar-refractivity contribution in [2.45, 2.75) is 19.1 Å². The molecule has 1 N–H and O–H groups in total. The molecule has 3 aromatic carbocycles. The first kappa shape index (κ1) is 18.3. The third kappa shape index (κ3) is 3.78. The van der Waals surface area contributed by atoms with Crippen molar-refractivity contribution in [1.82, 2.24) is 4.90 Å². The highest BCUT2D eigenvalue weighted by Gasteiger charge is 2.29. The summed E-state index contributed by atoms with van der Waals surface area (Å²) >= 11 is 0. The Hall–Kier alpha value is -3.10. The van der Waals surface area contributed by atoms with Gasteiger partial charge in [0.15, 0.2) is 0 Å². The number of aliphatic hydroxyl groups excluding tert-OH is 1. The van der Waals surface area contributed by atoms with Crippen molar-refractivity contribution in [3.63, 3.8) is 0 Å². The van der Waals surface area contributed by atoms with E-state index in [1.54, 1.807) is 0 Å². The SMILES string of the molecule is CC1=C(c2ccccc2)C=CN([C@H](c2ccccc2)[C@@H](O)c2ccccc2)C1. The molecular formula is C26H25NO. The first-order valence-electron chi connectivity index (χ1n) is 9.71. The van der Waals surface area contributed by atoms with Crippen molar-refractivity contribution in [1.29, 1.82) is 0 Å². The quantitative estimate of drug-likeness (QED) is 0.619. The van der Waals surface area contributed by atoms with Gasteiger partial charge in [0, 0.05) is 12.7 Å². The highest BCUT2D eigenvalue weighted by molar-refractivity contribution is 5.77. The van der Waals surface area contributed by atoms with Crippen LogP contribution >= 0.6 is 0 Å². The number of hydrogen-bond donors (Lipinski definition) is 1. The molecule has 28 heavy (non-hydrogen) atoms. The molecule has 0 saturated carbocycles. The Morgan fingerprint density at radius 2 is 1.29 bits per heavy atom. The van der Waals surface area contributed by atoms with Crippen LogP contribution in [0.5, 0.6) is 0 Å². The fourth-order valence-electron chi connectivity index (χ4n) is 3.91. The number of benzene rings is 3. The standard InChI is InChI=1S/C26H25NO/c1-20-19-27(18-17-24(20)21-11-5-2-6-12-21)25(22-13-7-3-8-14-22)26(28)23-15-9-4-10-16-23/h2-18,25-26,28H,19H2,1H3/t25-,26+/m1/s1. The van der Waals surface area contributed by atoms with Crippen LogP contribution in [0.4, 0.5) is 0 Å². The normalized spacial score (nSPS) is 16.1. The van der Waals surface area contributed by atoms with Crippen LogP contribution in [0.2, 0.25) is 0 Å². The Labute approximate surface area is 167 Å². The van der Waals surface area contributed by atoms with Gasteiger partial charge in [-0.3, -0.25) is 0 Å². The Morgan fingerprint density at radius 1 is 0.750 bits per heavy atom. The summed E-state index contributed by atoms with van der Waals surface area (Å²) in [6.45, 7) is 2.96. The Balaban J connectivity index is 1.67. The number of allylic oxidation sites excluding steroid dienone is 2. The lowest BCUT2D eigenvalue weighted by Gasteiger charge is -2.37. The van der Waals surface area contributed by atoms with Crippen LogP contribution in [0.3, 0.4) is 0 Å². The zero-order valence-electron chi connectivity index (χ0n) is 16.1. The Bertz CT molecular complexity index is 961. The molecule has 0 amide bonds. The Kier molecular flexibility index (Phi) is 5.41. The summed E-state index contributed by atoms with van der Waals surface area (Å²) in [5.41, 5.74) is 5.84. The van der Waals surface area contributed by atoms with E-state index in [2.05, 4.69) is 60.5 Å². The molecule has 0 unspecified atom stereocenters. The van der Waals surface area contributed by atoms with Crippen molar-refractivity contribution in [2.75, 3.05) is 6.54 Å². The second-order valence-corrected chi connectivity index (χ2v) is 7.26. The third-order valence-electron chi connectivity index (χ3n) is 5.34. The summed E-state index contributed by atoms with van der Waals surface area (Å²) in [6, 6.07) is 30.5. The molecule has 1 aliphatic rings. The fourth-order valence-corrected chi connectivity index (χ4v) is 3.91. The topological polar surface area (TPSA) is 23.5 Å². The zero-order valence-corrected chi connectivity index (χ0v) is 16.1. The van der Waals surface area contributed by atoms with Gasteiger partial charge in [-0.05, 0) is 40.8 Å². The number of rotatable bonds is 5. The molecule has 2 atom stereocenters. The first-order valence-corrected chi connectivity index (χ1v) is 9.71. The maximum absolute atomic E-state index is 11.3. The third-order valence-corrected chi connectivity index (χ3v) is 5.34. The van der Waals surface area contributed by atoms with Crippen LogP contribution in [0.25, 0.3) is 5.57 Å². The van der Waals surface area contributed by atoms with Gasteiger partial charge in [0.25, 0.3) is 0 Å². The molecule has 4 rings (SSSR count). The van der Waals surface area contributed by atoms with Gasteiger partial charge in [0.1, 0.15) is 6.10 Å². The predicted octanol–water partition coefficient (Wildman–Crippen LogP) is 5.76. The molecule has 2 nitrogen and oxygen atoms in total. The summed E-state index contributed by atoms with van der Waals surface area (Å²) in [5, 5.41) is 11.3. The monoisotopic (exact) mass is 367 g/mol. The van der Waals surface area contributed by atoms with Crippen LogP contribution in [0.15, 0.2) is 109 Å². The molecule has 0 aromatic heterocycles. The van der Waals surface area contributed by atoms with Crippen molar-refractivity contribution in [3.8, 4) is 0 Å². The molecule has 3 aromatic rings. The second-order valence-electron chi connectivity index (χ2n) is 7.26. The minimum absolute atomic E-state index is 0.146. The smallest absolute Gasteiger partial charge is 0.103 e. The van der Waals surface area contributed by atoms with Gasteiger partial charge in [-0.2, -0.15) is 0 Å². The van der Waals surface area contributed by atoms with E-state index >= 15 is 0 Å². The summed E-state index contributed by atoms with van der Waals surface area (Å²) in [5.74, 6) is 0. The van der Waals surface area contributed by atoms with Crippen LogP contribution < -0.4 is 0 Å². The van der Waals surface area contributed by atoms with E-state index in [4.69, 9.17) is 0 Å². The van der Waals surface area contributed by atoms with Gasteiger partial charge in [-0.25, -0.2) is 0 Å². The number of aliphatic hydroxyl groups is 1. The lowest BCUT2D eigenvalue weighted by Crippen LogP contribution is -2.31. The molecule has 1 aliphatic heterocycles. The maximum Gasteiger partial charge on any atom is 0.103 e. The van der Waals surface area contributed by atoms with Gasteiger partial charge in [-0.15, -0.1) is 0 Å². The van der Waals surface area contributed by atoms with E-state index in [1.165, 1.54) is 16.7 Å². The van der Waals surface area contributed by atoms with Gasteiger partial charge in [0.2, 0.25) is 0 Å². The highest BCUT2D eigenvalue weighted by atomic mass is 16.3. The molecule has 0 saturated heterocycles. The maximum atomic E-state index is 11.3. The zero-order chi connectivity index (χ0) is 19.3. The van der Waals surface area contributed by atoms with Crippen LogP contribution in [0, 0.1) is 0 Å². The molecule has 0 bridgehead atoms. The molecule has 1 heterocycles. The summed E-state index contributed by atoms with van der Waals surface area (Å²) < 4.78 is 0. The van der Waals surface area contributed by atoms with E-state index in [9.17, 15) is 5.11 Å². The lowest BCUT2D eigenvalue weighted by molar-refractivity contribution is 0.0768. The van der Waals surface area contributed by atoms with Gasteiger partial charge in [-0.1, -0.05) is 91.0 Å². The van der Waals surface area contributed by atoms with Gasteiger partial charge < -0.3 is 10.0 Å². The lowest BCUT2D eigenvalue weighted by atomic mass is 9.92. The van der Waals surface area contributed by atoms with Gasteiger partial charge in [0.05, 0.1) is 6.04 Å². The molecule has 0 radical (unpaired) electrons. The fraction of sp³-hybridized carbons (Fsp3) is 0.154. The largest absolute Gasteiger partial charge is 0.386 e. The Morgan fingerprint density at radius 3 is 1.86 bits per heavy atom. The summed E-state index contributed by atoms with van der Waals surface area (Å²) in [7, 11) is 0. The average Bonchev–Trinajstić information content (AvgIpc) is 2.76. The minimum atomic E-state index is -0.612. The van der Waals surface area contributed by atoms with E-state index in [-0.39, 0.29) is 6.04 Å². The molecule has 140 valence electrons. The van der Waals surface area contributed by atoms with E-state index in [0.717, 1.165) is 17.7 Å². The molecule has 0 aliphatic carbocycles. The predicted molar refractivity (Wildman–Crippen MR) is 115 cm³/mol. The van der Waals surface area contributed by atoms with Crippen molar-refractivity contribution in [2.24, 2.45) is 0 Å².